The first kappa shape index (κ1) is 30.6. The van der Waals surface area contributed by atoms with Crippen LogP contribution in [0.25, 0.3) is 6.08 Å². The quantitative estimate of drug-likeness (QED) is 0.344. The van der Waals surface area contributed by atoms with Crippen LogP contribution in [-0.2, 0) is 14.3 Å². The number of nitrogens with zero attached hydrogens (tertiary/aromatic N) is 1. The molecule has 0 aromatic heterocycles. The van der Waals surface area contributed by atoms with E-state index >= 15 is 0 Å². The van der Waals surface area contributed by atoms with Gasteiger partial charge in [0.2, 0.25) is 11.8 Å². The Balaban J connectivity index is 3.48. The van der Waals surface area contributed by atoms with Crippen LogP contribution in [0.5, 0.6) is 0 Å². The average Bonchev–Trinajstić information content (AvgIpc) is 2.78. The van der Waals surface area contributed by atoms with Gasteiger partial charge in [0.25, 0.3) is 0 Å². The molecule has 8 heteroatoms. The van der Waals surface area contributed by atoms with E-state index in [1.54, 1.807) is 31.7 Å². The van der Waals surface area contributed by atoms with Gasteiger partial charge < -0.3 is 20.3 Å². The van der Waals surface area contributed by atoms with Crippen molar-refractivity contribution in [3.05, 3.63) is 42.0 Å². The molecule has 3 amide bonds. The summed E-state index contributed by atoms with van der Waals surface area (Å²) in [6.07, 6.45) is 3.36. The molecular weight excluding hydrogens is 462 g/mol. The monoisotopic (exact) mass is 505 g/mol. The number of hydrogen-bond donors (Lipinski definition) is 3. The van der Waals surface area contributed by atoms with Gasteiger partial charge in [-0.1, -0.05) is 51.1 Å². The van der Waals surface area contributed by atoms with Crippen LogP contribution in [0.4, 0.5) is 4.79 Å². The Morgan fingerprint density at radius 1 is 1.17 bits per heavy atom. The van der Waals surface area contributed by atoms with E-state index in [9.17, 15) is 14.4 Å². The maximum Gasteiger partial charge on any atom is 0.408 e. The summed E-state index contributed by atoms with van der Waals surface area (Å²) in [6, 6.07) is 5.25. The van der Waals surface area contributed by atoms with Gasteiger partial charge in [-0.2, -0.15) is 12.6 Å². The minimum Gasteiger partial charge on any atom is -0.444 e. The van der Waals surface area contributed by atoms with Gasteiger partial charge in [-0.25, -0.2) is 4.79 Å². The second-order valence-electron chi connectivity index (χ2n) is 9.86. The van der Waals surface area contributed by atoms with Gasteiger partial charge in [-0.05, 0) is 64.7 Å². The molecule has 1 aromatic carbocycles. The summed E-state index contributed by atoms with van der Waals surface area (Å²) in [5.74, 6) is -0.610. The van der Waals surface area contributed by atoms with Gasteiger partial charge in [-0.15, -0.1) is 0 Å². The predicted molar refractivity (Wildman–Crippen MR) is 145 cm³/mol. The Kier molecular flexibility index (Phi) is 12.4. The third-order valence-corrected chi connectivity index (χ3v) is 5.96. The van der Waals surface area contributed by atoms with Crippen LogP contribution in [0.1, 0.15) is 84.9 Å². The fourth-order valence-electron chi connectivity index (χ4n) is 3.73. The van der Waals surface area contributed by atoms with E-state index < -0.39 is 29.7 Å². The number of alkyl carbamates (subject to hydrolysis) is 1. The van der Waals surface area contributed by atoms with E-state index in [0.29, 0.717) is 12.0 Å². The molecule has 0 fully saturated rings. The SMILES string of the molecule is C=Cc1cccc(C(C(=O)NC(C)CCC)N(C(=O)C(CS)NC(=O)OC(C)(C)C)C(C)CC)c1. The maximum atomic E-state index is 13.9. The predicted octanol–water partition coefficient (Wildman–Crippen LogP) is 5.13. The zero-order valence-corrected chi connectivity index (χ0v) is 23.2. The lowest BCUT2D eigenvalue weighted by Crippen LogP contribution is -2.56. The molecule has 0 aliphatic carbocycles. The molecule has 35 heavy (non-hydrogen) atoms. The first-order chi connectivity index (χ1) is 16.4. The Labute approximate surface area is 216 Å². The lowest BCUT2D eigenvalue weighted by Gasteiger charge is -2.38. The topological polar surface area (TPSA) is 87.7 Å². The van der Waals surface area contributed by atoms with E-state index in [4.69, 9.17) is 4.74 Å². The lowest BCUT2D eigenvalue weighted by atomic mass is 9.98. The van der Waals surface area contributed by atoms with E-state index in [1.807, 2.05) is 45.0 Å². The van der Waals surface area contributed by atoms with Crippen molar-refractivity contribution in [3.8, 4) is 0 Å². The van der Waals surface area contributed by atoms with Gasteiger partial charge in [0, 0.05) is 17.8 Å². The van der Waals surface area contributed by atoms with Crippen LogP contribution in [0.2, 0.25) is 0 Å². The number of ether oxygens (including phenoxy) is 1. The van der Waals surface area contributed by atoms with Gasteiger partial charge in [0.1, 0.15) is 17.7 Å². The zero-order valence-electron chi connectivity index (χ0n) is 22.3. The second-order valence-corrected chi connectivity index (χ2v) is 10.2. The van der Waals surface area contributed by atoms with Gasteiger partial charge in [-0.3, -0.25) is 9.59 Å². The van der Waals surface area contributed by atoms with Crippen LogP contribution in [0.15, 0.2) is 30.8 Å². The van der Waals surface area contributed by atoms with Crippen LogP contribution in [-0.4, -0.2) is 52.3 Å². The van der Waals surface area contributed by atoms with Crippen LogP contribution < -0.4 is 10.6 Å². The molecule has 0 bridgehead atoms. The van der Waals surface area contributed by atoms with Crippen molar-refractivity contribution in [3.63, 3.8) is 0 Å². The Bertz CT molecular complexity index is 868. The van der Waals surface area contributed by atoms with Crippen molar-refractivity contribution < 1.29 is 19.1 Å². The number of benzene rings is 1. The van der Waals surface area contributed by atoms with Crippen LogP contribution in [0, 0.1) is 0 Å². The molecule has 0 spiro atoms. The highest BCUT2D eigenvalue weighted by atomic mass is 32.1. The number of carbonyl (C=O) groups excluding carboxylic acids is 3. The van der Waals surface area contributed by atoms with Crippen molar-refractivity contribution in [2.24, 2.45) is 0 Å². The summed E-state index contributed by atoms with van der Waals surface area (Å²) in [7, 11) is 0. The number of carbonyl (C=O) groups is 3. The van der Waals surface area contributed by atoms with Gasteiger partial charge >= 0.3 is 6.09 Å². The maximum absolute atomic E-state index is 13.9. The van der Waals surface area contributed by atoms with Crippen molar-refractivity contribution in [1.29, 1.82) is 0 Å². The van der Waals surface area contributed by atoms with E-state index in [0.717, 1.165) is 18.4 Å². The average molecular weight is 506 g/mol. The second kappa shape index (κ2) is 14.2. The van der Waals surface area contributed by atoms with Gasteiger partial charge in [0.15, 0.2) is 0 Å². The van der Waals surface area contributed by atoms with Crippen LogP contribution >= 0.6 is 12.6 Å². The molecular formula is C27H43N3O4S. The van der Waals surface area contributed by atoms with Gasteiger partial charge in [0.05, 0.1) is 0 Å². The fraction of sp³-hybridized carbons (Fsp3) is 0.593. The molecule has 7 nitrogen and oxygen atoms in total. The summed E-state index contributed by atoms with van der Waals surface area (Å²) in [5.41, 5.74) is 0.803. The van der Waals surface area contributed by atoms with E-state index in [2.05, 4.69) is 36.8 Å². The van der Waals surface area contributed by atoms with Crippen molar-refractivity contribution in [2.45, 2.75) is 97.5 Å². The molecule has 196 valence electrons. The molecule has 4 atom stereocenters. The summed E-state index contributed by atoms with van der Waals surface area (Å²) in [6.45, 7) is 16.9. The molecule has 0 heterocycles. The fourth-order valence-corrected chi connectivity index (χ4v) is 3.98. The van der Waals surface area contributed by atoms with Crippen molar-refractivity contribution >= 4 is 36.6 Å². The summed E-state index contributed by atoms with van der Waals surface area (Å²) >= 11 is 4.32. The number of hydrogen-bond acceptors (Lipinski definition) is 5. The molecule has 0 radical (unpaired) electrons. The number of rotatable bonds is 12. The first-order valence-corrected chi connectivity index (χ1v) is 13.0. The molecule has 0 saturated carbocycles. The largest absolute Gasteiger partial charge is 0.444 e. The molecule has 0 saturated heterocycles. The number of amides is 3. The highest BCUT2D eigenvalue weighted by Gasteiger charge is 2.38. The minimum absolute atomic E-state index is 0.0490. The standard InChI is InChI=1S/C27H43N3O4S/c1-9-13-18(4)28-24(31)23(21-15-12-14-20(11-3)16-21)30(19(5)10-2)25(32)22(17-35)29-26(33)34-27(6,7)8/h11-12,14-16,18-19,22-23,35H,3,9-10,13,17H2,1-2,4-8H3,(H,28,31)(H,29,33). The van der Waals surface area contributed by atoms with Crippen molar-refractivity contribution in [2.75, 3.05) is 5.75 Å². The Morgan fingerprint density at radius 2 is 1.83 bits per heavy atom. The summed E-state index contributed by atoms with van der Waals surface area (Å²) in [5, 5.41) is 5.70. The molecule has 1 rings (SSSR count). The normalized spacial score (nSPS) is 14.7. The molecule has 0 aliphatic heterocycles. The van der Waals surface area contributed by atoms with E-state index in [-0.39, 0.29) is 23.7 Å². The minimum atomic E-state index is -0.965. The lowest BCUT2D eigenvalue weighted by molar-refractivity contribution is -0.144. The molecule has 1 aromatic rings. The summed E-state index contributed by atoms with van der Waals surface area (Å²) < 4.78 is 5.34. The number of nitrogens with one attached hydrogen (secondary N) is 2. The summed E-state index contributed by atoms with van der Waals surface area (Å²) in [4.78, 5) is 41.5. The van der Waals surface area contributed by atoms with E-state index in [1.165, 1.54) is 0 Å². The van der Waals surface area contributed by atoms with Crippen LogP contribution in [0.3, 0.4) is 0 Å². The molecule has 2 N–H and O–H groups in total. The highest BCUT2D eigenvalue weighted by molar-refractivity contribution is 7.80. The van der Waals surface area contributed by atoms with Crippen molar-refractivity contribution in [1.82, 2.24) is 15.5 Å². The Morgan fingerprint density at radius 3 is 2.34 bits per heavy atom. The highest BCUT2D eigenvalue weighted by Crippen LogP contribution is 2.27. The third-order valence-electron chi connectivity index (χ3n) is 5.59. The zero-order chi connectivity index (χ0) is 26.8. The smallest absolute Gasteiger partial charge is 0.408 e. The molecule has 0 aliphatic rings. The molecule has 4 unspecified atom stereocenters. The Hall–Kier alpha value is -2.48. The third kappa shape index (κ3) is 9.59. The first-order valence-electron chi connectivity index (χ1n) is 12.3. The number of thiol groups is 1.